The van der Waals surface area contributed by atoms with E-state index in [9.17, 15) is 0 Å². The number of pyridine rings is 1. The van der Waals surface area contributed by atoms with Gasteiger partial charge in [0.2, 0.25) is 0 Å². The normalized spacial score (nSPS) is 16.8. The third kappa shape index (κ3) is 1.98. The molecule has 2 nitrogen and oxygen atoms in total. The summed E-state index contributed by atoms with van der Waals surface area (Å²) in [6, 6.07) is 6.13. The molecule has 0 aliphatic carbocycles. The van der Waals surface area contributed by atoms with Crippen LogP contribution in [-0.4, -0.2) is 26.0 Å². The van der Waals surface area contributed by atoms with Crippen LogP contribution in [-0.2, 0) is 4.74 Å². The predicted octanol–water partition coefficient (Wildman–Crippen LogP) is 0.144. The van der Waals surface area contributed by atoms with Crippen molar-refractivity contribution in [1.29, 1.82) is 0 Å². The molecule has 2 heterocycles. The first kappa shape index (κ1) is 8.51. The average molecular weight is 173 g/mol. The summed E-state index contributed by atoms with van der Waals surface area (Å²) in [7, 11) is 2.02. The van der Waals surface area contributed by atoms with Crippen molar-refractivity contribution < 1.29 is 4.74 Å². The van der Waals surface area contributed by atoms with Crippen molar-refractivity contribution in [2.24, 2.45) is 0 Å². The molecule has 0 radical (unpaired) electrons. The van der Waals surface area contributed by atoms with Gasteiger partial charge < -0.3 is 4.74 Å². The standard InChI is InChI=1S/C10H12BNO/c11-10-3-1-2-9(12-10)8-4-6-13-7-5-8/h1-4H,5-7,11H2. The fourth-order valence-electron chi connectivity index (χ4n) is 1.48. The monoisotopic (exact) mass is 173 g/mol. The predicted molar refractivity (Wildman–Crippen MR) is 55.8 cm³/mol. The third-order valence-corrected chi connectivity index (χ3v) is 2.18. The summed E-state index contributed by atoms with van der Waals surface area (Å²) in [5.74, 6) is 0. The van der Waals surface area contributed by atoms with E-state index in [1.165, 1.54) is 5.57 Å². The lowest BCUT2D eigenvalue weighted by Crippen LogP contribution is -2.11. The topological polar surface area (TPSA) is 22.1 Å². The molecule has 13 heavy (non-hydrogen) atoms. The van der Waals surface area contributed by atoms with E-state index in [1.807, 2.05) is 20.0 Å². The molecule has 0 aromatic carbocycles. The number of aromatic nitrogens is 1. The largest absolute Gasteiger partial charge is 0.377 e. The van der Waals surface area contributed by atoms with Crippen LogP contribution in [0.5, 0.6) is 0 Å². The SMILES string of the molecule is Bc1cccc(C2=CCOCC2)n1. The van der Waals surface area contributed by atoms with Crippen molar-refractivity contribution in [2.75, 3.05) is 13.2 Å². The number of nitrogens with zero attached hydrogens (tertiary/aromatic N) is 1. The van der Waals surface area contributed by atoms with Crippen molar-refractivity contribution in [1.82, 2.24) is 4.98 Å². The highest BCUT2D eigenvalue weighted by atomic mass is 16.5. The maximum atomic E-state index is 5.25. The molecule has 1 aliphatic rings. The second-order valence-electron chi connectivity index (χ2n) is 3.22. The van der Waals surface area contributed by atoms with E-state index >= 15 is 0 Å². The van der Waals surface area contributed by atoms with Gasteiger partial charge in [-0.25, -0.2) is 0 Å². The van der Waals surface area contributed by atoms with Crippen LogP contribution < -0.4 is 5.59 Å². The van der Waals surface area contributed by atoms with Crippen LogP contribution in [0.25, 0.3) is 5.57 Å². The summed E-state index contributed by atoms with van der Waals surface area (Å²) in [5.41, 5.74) is 3.49. The first-order valence-electron chi connectivity index (χ1n) is 4.57. The van der Waals surface area contributed by atoms with Crippen LogP contribution in [0.1, 0.15) is 12.1 Å². The lowest BCUT2D eigenvalue weighted by atomic mass is 10.0. The molecular formula is C10H12BNO. The van der Waals surface area contributed by atoms with Gasteiger partial charge in [0.1, 0.15) is 0 Å². The van der Waals surface area contributed by atoms with E-state index in [4.69, 9.17) is 4.74 Å². The molecular weight excluding hydrogens is 161 g/mol. The number of hydrogen-bond donors (Lipinski definition) is 0. The van der Waals surface area contributed by atoms with Crippen LogP contribution in [0.3, 0.4) is 0 Å². The molecule has 3 heteroatoms. The van der Waals surface area contributed by atoms with Crippen molar-refractivity contribution in [3.8, 4) is 0 Å². The second kappa shape index (κ2) is 3.75. The van der Waals surface area contributed by atoms with Crippen LogP contribution in [0.2, 0.25) is 0 Å². The summed E-state index contributed by atoms with van der Waals surface area (Å²) in [4.78, 5) is 4.47. The Hall–Kier alpha value is -1.09. The maximum Gasteiger partial charge on any atom is 0.163 e. The van der Waals surface area contributed by atoms with Gasteiger partial charge in [-0.15, -0.1) is 0 Å². The lowest BCUT2D eigenvalue weighted by molar-refractivity contribution is 0.161. The first-order valence-corrected chi connectivity index (χ1v) is 4.57. The second-order valence-corrected chi connectivity index (χ2v) is 3.22. The number of hydrogen-bond acceptors (Lipinski definition) is 2. The van der Waals surface area contributed by atoms with Crippen LogP contribution in [0.15, 0.2) is 24.3 Å². The average Bonchev–Trinajstić information content (AvgIpc) is 2.19. The molecule has 0 amide bonds. The van der Waals surface area contributed by atoms with Gasteiger partial charge in [0, 0.05) is 0 Å². The van der Waals surface area contributed by atoms with E-state index in [0.717, 1.165) is 30.9 Å². The minimum absolute atomic E-state index is 0.727. The Morgan fingerprint density at radius 1 is 1.38 bits per heavy atom. The number of rotatable bonds is 1. The van der Waals surface area contributed by atoms with Crippen LogP contribution in [0.4, 0.5) is 0 Å². The Labute approximate surface area is 79.0 Å². The van der Waals surface area contributed by atoms with Crippen molar-refractivity contribution in [2.45, 2.75) is 6.42 Å². The third-order valence-electron chi connectivity index (χ3n) is 2.18. The molecule has 0 unspecified atom stereocenters. The fraction of sp³-hybridized carbons (Fsp3) is 0.300. The summed E-state index contributed by atoms with van der Waals surface area (Å²) >= 11 is 0. The van der Waals surface area contributed by atoms with Gasteiger partial charge >= 0.3 is 0 Å². The van der Waals surface area contributed by atoms with E-state index in [2.05, 4.69) is 17.1 Å². The zero-order chi connectivity index (χ0) is 9.10. The summed E-state index contributed by atoms with van der Waals surface area (Å²) < 4.78 is 5.25. The van der Waals surface area contributed by atoms with Gasteiger partial charge in [-0.3, -0.25) is 4.98 Å². The lowest BCUT2D eigenvalue weighted by Gasteiger charge is -2.12. The van der Waals surface area contributed by atoms with Crippen molar-refractivity contribution in [3.05, 3.63) is 30.0 Å². The highest BCUT2D eigenvalue weighted by molar-refractivity contribution is 6.30. The fourth-order valence-corrected chi connectivity index (χ4v) is 1.48. The van der Waals surface area contributed by atoms with Crippen molar-refractivity contribution >= 4 is 19.0 Å². The molecule has 0 saturated heterocycles. The van der Waals surface area contributed by atoms with Gasteiger partial charge in [0.05, 0.1) is 18.9 Å². The minimum atomic E-state index is 0.727. The smallest absolute Gasteiger partial charge is 0.163 e. The highest BCUT2D eigenvalue weighted by Crippen LogP contribution is 2.17. The van der Waals surface area contributed by atoms with E-state index < -0.39 is 0 Å². The zero-order valence-electron chi connectivity index (χ0n) is 7.79. The molecule has 0 spiro atoms. The molecule has 1 aromatic rings. The van der Waals surface area contributed by atoms with E-state index in [1.54, 1.807) is 0 Å². The summed E-state index contributed by atoms with van der Waals surface area (Å²) in [6.07, 6.45) is 3.10. The minimum Gasteiger partial charge on any atom is -0.377 e. The molecule has 0 bridgehead atoms. The van der Waals surface area contributed by atoms with E-state index in [0.29, 0.717) is 0 Å². The highest BCUT2D eigenvalue weighted by Gasteiger charge is 2.06. The molecule has 0 saturated carbocycles. The molecule has 1 aromatic heterocycles. The molecule has 1 aliphatic heterocycles. The Bertz CT molecular complexity index is 335. The van der Waals surface area contributed by atoms with E-state index in [-0.39, 0.29) is 0 Å². The quantitative estimate of drug-likeness (QED) is 0.563. The number of ether oxygens (including phenoxy) is 1. The molecule has 66 valence electrons. The van der Waals surface area contributed by atoms with Gasteiger partial charge in [-0.05, 0) is 23.7 Å². The van der Waals surface area contributed by atoms with Crippen molar-refractivity contribution in [3.63, 3.8) is 0 Å². The molecule has 2 rings (SSSR count). The Kier molecular flexibility index (Phi) is 2.46. The van der Waals surface area contributed by atoms with Crippen LogP contribution >= 0.6 is 0 Å². The molecule has 0 N–H and O–H groups in total. The first-order chi connectivity index (χ1) is 6.36. The van der Waals surface area contributed by atoms with Gasteiger partial charge in [-0.2, -0.15) is 0 Å². The Balaban J connectivity index is 2.29. The Morgan fingerprint density at radius 2 is 2.31 bits per heavy atom. The Morgan fingerprint density at radius 3 is 3.00 bits per heavy atom. The molecule has 0 fully saturated rings. The van der Waals surface area contributed by atoms with Gasteiger partial charge in [-0.1, -0.05) is 18.2 Å². The summed E-state index contributed by atoms with van der Waals surface area (Å²) in [6.45, 7) is 1.55. The van der Waals surface area contributed by atoms with Gasteiger partial charge in [0.25, 0.3) is 0 Å². The zero-order valence-corrected chi connectivity index (χ0v) is 7.79. The summed E-state index contributed by atoms with van der Waals surface area (Å²) in [5, 5.41) is 0. The van der Waals surface area contributed by atoms with Crippen LogP contribution in [0, 0.1) is 0 Å². The maximum absolute atomic E-state index is 5.25. The molecule has 0 atom stereocenters. The van der Waals surface area contributed by atoms with Gasteiger partial charge in [0.15, 0.2) is 7.85 Å².